The molecule has 1 aromatic carbocycles. The molecule has 1 aliphatic rings. The fourth-order valence-electron chi connectivity index (χ4n) is 2.88. The van der Waals surface area contributed by atoms with Gasteiger partial charge in [-0.15, -0.1) is 0 Å². The minimum Gasteiger partial charge on any atom is -0.378 e. The van der Waals surface area contributed by atoms with Gasteiger partial charge in [0.2, 0.25) is 0 Å². The summed E-state index contributed by atoms with van der Waals surface area (Å²) >= 11 is 12.1. The summed E-state index contributed by atoms with van der Waals surface area (Å²) in [6, 6.07) is 6.28. The van der Waals surface area contributed by atoms with E-state index in [-0.39, 0.29) is 0 Å². The lowest BCUT2D eigenvalue weighted by Gasteiger charge is -2.37. The molecule has 1 aromatic rings. The first-order chi connectivity index (χ1) is 9.63. The van der Waals surface area contributed by atoms with Gasteiger partial charge in [0, 0.05) is 12.6 Å². The topological polar surface area (TPSA) is 21.3 Å². The number of halogens is 2. The van der Waals surface area contributed by atoms with E-state index in [9.17, 15) is 0 Å². The Labute approximate surface area is 131 Å². The van der Waals surface area contributed by atoms with Crippen LogP contribution in [0.15, 0.2) is 18.2 Å². The smallest absolute Gasteiger partial charge is 0.0595 e. The van der Waals surface area contributed by atoms with E-state index in [4.69, 9.17) is 27.9 Å². The van der Waals surface area contributed by atoms with Crippen molar-refractivity contribution in [2.45, 2.75) is 45.3 Å². The maximum absolute atomic E-state index is 6.13. The van der Waals surface area contributed by atoms with Crippen molar-refractivity contribution in [3.05, 3.63) is 33.8 Å². The van der Waals surface area contributed by atoms with Gasteiger partial charge in [-0.25, -0.2) is 0 Å². The Morgan fingerprint density at radius 2 is 2.00 bits per heavy atom. The molecule has 1 unspecified atom stereocenters. The molecule has 0 spiro atoms. The third-order valence-corrected chi connectivity index (χ3v) is 4.70. The van der Waals surface area contributed by atoms with E-state index in [2.05, 4.69) is 25.2 Å². The van der Waals surface area contributed by atoms with Gasteiger partial charge >= 0.3 is 0 Å². The van der Waals surface area contributed by atoms with E-state index in [0.717, 1.165) is 25.5 Å². The number of rotatable bonds is 7. The summed E-state index contributed by atoms with van der Waals surface area (Å²) in [5.74, 6) is 0.741. The van der Waals surface area contributed by atoms with Gasteiger partial charge in [0.15, 0.2) is 0 Å². The molecule has 0 saturated heterocycles. The van der Waals surface area contributed by atoms with E-state index >= 15 is 0 Å². The molecule has 0 aliphatic heterocycles. The molecule has 2 nitrogen and oxygen atoms in total. The molecule has 1 fully saturated rings. The van der Waals surface area contributed by atoms with Crippen LogP contribution in [0.2, 0.25) is 10.0 Å². The Morgan fingerprint density at radius 3 is 2.60 bits per heavy atom. The lowest BCUT2D eigenvalue weighted by Crippen LogP contribution is -2.34. The first kappa shape index (κ1) is 16.1. The molecule has 112 valence electrons. The maximum Gasteiger partial charge on any atom is 0.0595 e. The average Bonchev–Trinajstić information content (AvgIpc) is 2.38. The molecule has 1 N–H and O–H groups in total. The third-order valence-electron chi connectivity index (χ3n) is 3.96. The van der Waals surface area contributed by atoms with Gasteiger partial charge in [-0.2, -0.15) is 0 Å². The molecule has 2 rings (SSSR count). The van der Waals surface area contributed by atoms with Gasteiger partial charge in [0.25, 0.3) is 0 Å². The zero-order valence-corrected chi connectivity index (χ0v) is 13.7. The van der Waals surface area contributed by atoms with Crippen molar-refractivity contribution in [1.82, 2.24) is 5.32 Å². The highest BCUT2D eigenvalue weighted by Crippen LogP contribution is 2.37. The van der Waals surface area contributed by atoms with Crippen LogP contribution in [0, 0.1) is 5.92 Å². The van der Waals surface area contributed by atoms with Crippen molar-refractivity contribution >= 4 is 23.2 Å². The zero-order valence-electron chi connectivity index (χ0n) is 12.2. The van der Waals surface area contributed by atoms with E-state index in [0.29, 0.717) is 22.2 Å². The van der Waals surface area contributed by atoms with Gasteiger partial charge in [-0.1, -0.05) is 36.2 Å². The lowest BCUT2D eigenvalue weighted by molar-refractivity contribution is -0.0291. The molecule has 20 heavy (non-hydrogen) atoms. The quantitative estimate of drug-likeness (QED) is 0.776. The van der Waals surface area contributed by atoms with Gasteiger partial charge in [0.1, 0.15) is 0 Å². The second kappa shape index (κ2) is 7.65. The Morgan fingerprint density at radius 1 is 1.25 bits per heavy atom. The summed E-state index contributed by atoms with van der Waals surface area (Å²) in [5.41, 5.74) is 1.22. The minimum absolute atomic E-state index is 0.349. The number of hydrogen-bond donors (Lipinski definition) is 1. The van der Waals surface area contributed by atoms with E-state index in [1.54, 1.807) is 0 Å². The fourth-order valence-corrected chi connectivity index (χ4v) is 3.19. The van der Waals surface area contributed by atoms with Crippen LogP contribution >= 0.6 is 23.2 Å². The van der Waals surface area contributed by atoms with Crippen molar-refractivity contribution in [2.75, 3.05) is 13.2 Å². The first-order valence-corrected chi connectivity index (χ1v) is 8.19. The third kappa shape index (κ3) is 4.11. The predicted molar refractivity (Wildman–Crippen MR) is 85.6 cm³/mol. The molecule has 1 saturated carbocycles. The summed E-state index contributed by atoms with van der Waals surface area (Å²) in [4.78, 5) is 0. The zero-order chi connectivity index (χ0) is 14.5. The van der Waals surface area contributed by atoms with Crippen LogP contribution < -0.4 is 5.32 Å². The summed E-state index contributed by atoms with van der Waals surface area (Å²) in [5, 5.41) is 4.80. The molecule has 0 radical (unpaired) electrons. The molecular weight excluding hydrogens is 293 g/mol. The summed E-state index contributed by atoms with van der Waals surface area (Å²) in [6.07, 6.45) is 3.96. The summed E-state index contributed by atoms with van der Waals surface area (Å²) < 4.78 is 5.63. The van der Waals surface area contributed by atoms with Gasteiger partial charge in [0.05, 0.1) is 16.1 Å². The lowest BCUT2D eigenvalue weighted by atomic mass is 9.77. The molecule has 0 aromatic heterocycles. The second-order valence-corrected chi connectivity index (χ2v) is 6.25. The largest absolute Gasteiger partial charge is 0.378 e. The molecule has 4 heteroatoms. The highest BCUT2D eigenvalue weighted by atomic mass is 35.5. The minimum atomic E-state index is 0.349. The van der Waals surface area contributed by atoms with Crippen LogP contribution in [0.1, 0.15) is 44.7 Å². The summed E-state index contributed by atoms with van der Waals surface area (Å²) in [6.45, 7) is 5.96. The fraction of sp³-hybridized carbons (Fsp3) is 0.625. The Balaban J connectivity index is 1.95. The molecule has 0 amide bonds. The Bertz CT molecular complexity index is 432. The molecule has 1 aliphatic carbocycles. The van der Waals surface area contributed by atoms with Gasteiger partial charge in [-0.3, -0.25) is 0 Å². The van der Waals surface area contributed by atoms with Crippen LogP contribution in [0.3, 0.4) is 0 Å². The van der Waals surface area contributed by atoms with Crippen molar-refractivity contribution in [1.29, 1.82) is 0 Å². The van der Waals surface area contributed by atoms with Gasteiger partial charge in [-0.05, 0) is 56.3 Å². The average molecular weight is 316 g/mol. The van der Waals surface area contributed by atoms with Crippen LogP contribution in [-0.2, 0) is 4.74 Å². The predicted octanol–water partition coefficient (Wildman–Crippen LogP) is 4.85. The monoisotopic (exact) mass is 315 g/mol. The summed E-state index contributed by atoms with van der Waals surface area (Å²) in [7, 11) is 0. The number of benzene rings is 1. The van der Waals surface area contributed by atoms with E-state index in [1.807, 2.05) is 12.1 Å². The van der Waals surface area contributed by atoms with Crippen LogP contribution in [0.5, 0.6) is 0 Å². The van der Waals surface area contributed by atoms with Crippen molar-refractivity contribution in [2.24, 2.45) is 5.92 Å². The normalized spacial score (nSPS) is 23.4. The van der Waals surface area contributed by atoms with Crippen LogP contribution in [0.25, 0.3) is 0 Å². The molecule has 0 bridgehead atoms. The highest BCUT2D eigenvalue weighted by Gasteiger charge is 2.31. The van der Waals surface area contributed by atoms with E-state index < -0.39 is 0 Å². The maximum atomic E-state index is 6.13. The van der Waals surface area contributed by atoms with Crippen molar-refractivity contribution < 1.29 is 4.74 Å². The highest BCUT2D eigenvalue weighted by molar-refractivity contribution is 6.42. The number of nitrogens with one attached hydrogen (secondary N) is 1. The van der Waals surface area contributed by atoms with Crippen LogP contribution in [0.4, 0.5) is 0 Å². The van der Waals surface area contributed by atoms with Gasteiger partial charge < -0.3 is 10.1 Å². The standard InChI is InChI=1S/C16H23Cl2NO/c1-3-19-16(9-11-7-13(8-11)20-4-2)12-5-6-14(17)15(18)10-12/h5-6,10-11,13,16,19H,3-4,7-9H2,1-2H3. The SMILES string of the molecule is CCNC(CC1CC(OCC)C1)c1ccc(Cl)c(Cl)c1. The number of hydrogen-bond acceptors (Lipinski definition) is 2. The first-order valence-electron chi connectivity index (χ1n) is 7.43. The Kier molecular flexibility index (Phi) is 6.16. The van der Waals surface area contributed by atoms with Crippen LogP contribution in [-0.4, -0.2) is 19.3 Å². The molecule has 0 heterocycles. The number of ether oxygens (including phenoxy) is 1. The second-order valence-electron chi connectivity index (χ2n) is 5.43. The van der Waals surface area contributed by atoms with Crippen molar-refractivity contribution in [3.63, 3.8) is 0 Å². The van der Waals surface area contributed by atoms with Crippen molar-refractivity contribution in [3.8, 4) is 0 Å². The van der Waals surface area contributed by atoms with E-state index in [1.165, 1.54) is 18.4 Å². The Hall–Kier alpha value is -0.280. The molecule has 1 atom stereocenters. The molecular formula is C16H23Cl2NO.